The third kappa shape index (κ3) is 3.92. The van der Waals surface area contributed by atoms with Crippen molar-refractivity contribution in [3.05, 3.63) is 71.3 Å². The zero-order valence-corrected chi connectivity index (χ0v) is 17.2. The fraction of sp³-hybridized carbons (Fsp3) is 0.273. The second kappa shape index (κ2) is 7.93. The van der Waals surface area contributed by atoms with Gasteiger partial charge in [-0.05, 0) is 42.8 Å². The van der Waals surface area contributed by atoms with E-state index >= 15 is 0 Å². The number of nitrogen functional groups attached to an aromatic ring is 1. The molecule has 0 bridgehead atoms. The van der Waals surface area contributed by atoms with Crippen LogP contribution >= 0.6 is 0 Å². The zero-order valence-electron chi connectivity index (χ0n) is 17.2. The minimum atomic E-state index is 0.0505. The Bertz CT molecular complexity index is 1110. The van der Waals surface area contributed by atoms with Gasteiger partial charge in [0.1, 0.15) is 0 Å². The molecule has 0 aliphatic carbocycles. The number of fused-ring (bicyclic) bond motifs is 1. The van der Waals surface area contributed by atoms with Gasteiger partial charge >= 0.3 is 0 Å². The van der Waals surface area contributed by atoms with Gasteiger partial charge in [0.15, 0.2) is 0 Å². The van der Waals surface area contributed by atoms with Gasteiger partial charge in [-0.3, -0.25) is 20.5 Å². The summed E-state index contributed by atoms with van der Waals surface area (Å²) in [6, 6.07) is 9.54. The number of hydrogen-bond acceptors (Lipinski definition) is 8. The van der Waals surface area contributed by atoms with Gasteiger partial charge < -0.3 is 15.6 Å². The fourth-order valence-electron chi connectivity index (χ4n) is 3.99. The van der Waals surface area contributed by atoms with Crippen LogP contribution in [0.1, 0.15) is 27.2 Å². The van der Waals surface area contributed by atoms with Crippen molar-refractivity contribution in [3.8, 4) is 0 Å². The van der Waals surface area contributed by atoms with Crippen molar-refractivity contribution in [1.29, 1.82) is 0 Å². The van der Waals surface area contributed by atoms with Crippen molar-refractivity contribution in [1.82, 2.24) is 24.8 Å². The molecule has 1 aromatic carbocycles. The normalized spacial score (nSPS) is 16.0. The van der Waals surface area contributed by atoms with Crippen LogP contribution in [0.5, 0.6) is 0 Å². The van der Waals surface area contributed by atoms with E-state index in [1.165, 1.54) is 0 Å². The number of likely N-dealkylation sites (tertiary alicyclic amines) is 1. The van der Waals surface area contributed by atoms with E-state index in [0.29, 0.717) is 17.6 Å². The van der Waals surface area contributed by atoms with Crippen molar-refractivity contribution >= 4 is 23.2 Å². The summed E-state index contributed by atoms with van der Waals surface area (Å²) >= 11 is 0. The van der Waals surface area contributed by atoms with E-state index in [1.54, 1.807) is 30.5 Å². The number of carbonyl (C=O) groups is 1. The van der Waals surface area contributed by atoms with Crippen LogP contribution in [0.15, 0.2) is 48.9 Å². The van der Waals surface area contributed by atoms with E-state index in [9.17, 15) is 4.79 Å². The van der Waals surface area contributed by atoms with Crippen molar-refractivity contribution < 1.29 is 4.79 Å². The van der Waals surface area contributed by atoms with Crippen molar-refractivity contribution in [2.45, 2.75) is 26.1 Å². The first kappa shape index (κ1) is 19.4. The topological polar surface area (TPSA) is 112 Å². The number of pyridine rings is 1. The van der Waals surface area contributed by atoms with Gasteiger partial charge in [0.25, 0.3) is 5.91 Å². The van der Waals surface area contributed by atoms with Gasteiger partial charge in [-0.2, -0.15) is 0 Å². The van der Waals surface area contributed by atoms with E-state index in [1.807, 2.05) is 30.3 Å². The Morgan fingerprint density at radius 3 is 2.65 bits per heavy atom. The first-order chi connectivity index (χ1) is 15.1. The molecule has 31 heavy (non-hydrogen) atoms. The molecule has 0 unspecified atom stereocenters. The van der Waals surface area contributed by atoms with Crippen LogP contribution in [0.3, 0.4) is 0 Å². The number of nitrogens with one attached hydrogen (secondary N) is 2. The molecule has 0 atom stereocenters. The van der Waals surface area contributed by atoms with E-state index in [2.05, 4.69) is 25.6 Å². The molecular formula is C22H24N8O. The van der Waals surface area contributed by atoms with Crippen LogP contribution in [0, 0.1) is 6.92 Å². The summed E-state index contributed by atoms with van der Waals surface area (Å²) in [5.74, 6) is 6.01. The molecule has 4 N–H and O–H groups in total. The number of benzene rings is 1. The molecule has 0 spiro atoms. The molecule has 9 heteroatoms. The van der Waals surface area contributed by atoms with E-state index in [0.717, 1.165) is 54.4 Å². The summed E-state index contributed by atoms with van der Waals surface area (Å²) in [4.78, 5) is 30.3. The summed E-state index contributed by atoms with van der Waals surface area (Å²) in [6.45, 7) is 5.01. The highest BCUT2D eigenvalue weighted by atomic mass is 16.2. The zero-order chi connectivity index (χ0) is 21.4. The first-order valence-corrected chi connectivity index (χ1v) is 10.2. The van der Waals surface area contributed by atoms with E-state index in [4.69, 9.17) is 10.8 Å². The quantitative estimate of drug-likeness (QED) is 0.428. The average Bonchev–Trinajstić information content (AvgIpc) is 3.15. The Balaban J connectivity index is 1.18. The maximum atomic E-state index is 12.7. The second-order valence-corrected chi connectivity index (χ2v) is 8.03. The summed E-state index contributed by atoms with van der Waals surface area (Å²) in [5, 5.41) is 3.23. The number of hydrazine groups is 1. The van der Waals surface area contributed by atoms with Crippen molar-refractivity contribution in [2.24, 2.45) is 5.84 Å². The summed E-state index contributed by atoms with van der Waals surface area (Å²) in [6.07, 6.45) is 5.46. The molecule has 0 saturated carbocycles. The van der Waals surface area contributed by atoms with Crippen LogP contribution in [-0.2, 0) is 13.1 Å². The molecule has 9 nitrogen and oxygen atoms in total. The van der Waals surface area contributed by atoms with Gasteiger partial charge in [0, 0.05) is 61.4 Å². The van der Waals surface area contributed by atoms with E-state index < -0.39 is 0 Å². The molecule has 4 heterocycles. The molecular weight excluding hydrogens is 392 g/mol. The number of nitrogens with two attached hydrogens (primary N) is 1. The molecule has 158 valence electrons. The highest BCUT2D eigenvalue weighted by molar-refractivity contribution is 5.95. The number of anilines is 3. The number of rotatable bonds is 5. The molecule has 2 aromatic heterocycles. The number of hydrogen-bond donors (Lipinski definition) is 3. The standard InChI is InChI=1S/C22H24N8O/c1-14-6-18(9-24-7-14)26-22-25-8-16-10-29(13-20(16)27-22)19-11-30(12-19)21(31)15-2-4-17(28-23)5-3-15/h2-9,19,28H,10-13,23H2,1H3,(H,25,26,27). The molecule has 1 amide bonds. The molecule has 2 aliphatic heterocycles. The lowest BCUT2D eigenvalue weighted by molar-refractivity contribution is 0.0249. The summed E-state index contributed by atoms with van der Waals surface area (Å²) < 4.78 is 0. The Kier molecular flexibility index (Phi) is 4.97. The fourth-order valence-corrected chi connectivity index (χ4v) is 3.99. The van der Waals surface area contributed by atoms with Gasteiger partial charge in [-0.1, -0.05) is 0 Å². The van der Waals surface area contributed by atoms with Gasteiger partial charge in [-0.25, -0.2) is 9.97 Å². The Hall–Kier alpha value is -3.56. The minimum absolute atomic E-state index is 0.0505. The average molecular weight is 416 g/mol. The lowest BCUT2D eigenvalue weighted by atomic mass is 10.0. The van der Waals surface area contributed by atoms with Crippen molar-refractivity contribution in [3.63, 3.8) is 0 Å². The predicted molar refractivity (Wildman–Crippen MR) is 117 cm³/mol. The van der Waals surface area contributed by atoms with Crippen LogP contribution in [0.4, 0.5) is 17.3 Å². The summed E-state index contributed by atoms with van der Waals surface area (Å²) in [7, 11) is 0. The van der Waals surface area contributed by atoms with Crippen molar-refractivity contribution in [2.75, 3.05) is 23.8 Å². The number of aryl methyl sites for hydroxylation is 1. The third-order valence-electron chi connectivity index (χ3n) is 5.78. The van der Waals surface area contributed by atoms with E-state index in [-0.39, 0.29) is 5.91 Å². The van der Waals surface area contributed by atoms with Gasteiger partial charge in [0.05, 0.1) is 17.6 Å². The Morgan fingerprint density at radius 1 is 1.10 bits per heavy atom. The Morgan fingerprint density at radius 2 is 1.90 bits per heavy atom. The maximum Gasteiger partial charge on any atom is 0.253 e. The SMILES string of the molecule is Cc1cncc(Nc2ncc3c(n2)CN(C2CN(C(=O)c4ccc(NN)cc4)C2)C3)c1. The number of carbonyl (C=O) groups excluding carboxylic acids is 1. The lowest BCUT2D eigenvalue weighted by Crippen LogP contribution is -2.59. The minimum Gasteiger partial charge on any atom is -0.335 e. The first-order valence-electron chi connectivity index (χ1n) is 10.2. The van der Waals surface area contributed by atoms with Crippen LogP contribution in [0.2, 0.25) is 0 Å². The van der Waals surface area contributed by atoms with Crippen LogP contribution in [0.25, 0.3) is 0 Å². The smallest absolute Gasteiger partial charge is 0.253 e. The second-order valence-electron chi connectivity index (χ2n) is 8.03. The van der Waals surface area contributed by atoms with Crippen LogP contribution < -0.4 is 16.6 Å². The van der Waals surface area contributed by atoms with Crippen LogP contribution in [-0.4, -0.2) is 49.8 Å². The number of aromatic nitrogens is 3. The maximum absolute atomic E-state index is 12.7. The molecule has 5 rings (SSSR count). The monoisotopic (exact) mass is 416 g/mol. The molecule has 0 radical (unpaired) electrons. The number of nitrogens with zero attached hydrogens (tertiary/aromatic N) is 5. The summed E-state index contributed by atoms with van der Waals surface area (Å²) in [5.41, 5.74) is 8.15. The Labute approximate surface area is 180 Å². The number of amides is 1. The molecule has 2 aliphatic rings. The highest BCUT2D eigenvalue weighted by Crippen LogP contribution is 2.28. The third-order valence-corrected chi connectivity index (χ3v) is 5.78. The predicted octanol–water partition coefficient (Wildman–Crippen LogP) is 2.05. The molecule has 1 fully saturated rings. The largest absolute Gasteiger partial charge is 0.335 e. The van der Waals surface area contributed by atoms with Gasteiger partial charge in [-0.15, -0.1) is 0 Å². The highest BCUT2D eigenvalue weighted by Gasteiger charge is 2.38. The molecule has 3 aromatic rings. The van der Waals surface area contributed by atoms with Gasteiger partial charge in [0.2, 0.25) is 5.95 Å². The molecule has 1 saturated heterocycles. The lowest BCUT2D eigenvalue weighted by Gasteiger charge is -2.44.